The summed E-state index contributed by atoms with van der Waals surface area (Å²) >= 11 is 0. The third kappa shape index (κ3) is 6.26. The van der Waals surface area contributed by atoms with E-state index in [2.05, 4.69) is 0 Å². The zero-order chi connectivity index (χ0) is 15.0. The molecule has 112 valence electrons. The van der Waals surface area contributed by atoms with Gasteiger partial charge in [0.1, 0.15) is 6.79 Å². The summed E-state index contributed by atoms with van der Waals surface area (Å²) in [7, 11) is 0. The molecular weight excluding hydrogens is 259 g/mol. The van der Waals surface area contributed by atoms with Gasteiger partial charge in [-0.1, -0.05) is 51.1 Å². The van der Waals surface area contributed by atoms with Gasteiger partial charge in [0.25, 0.3) is 0 Å². The van der Waals surface area contributed by atoms with E-state index in [1.54, 1.807) is 0 Å². The second-order valence-electron chi connectivity index (χ2n) is 5.45. The second kappa shape index (κ2) is 8.82. The first-order valence-electron chi connectivity index (χ1n) is 6.93. The third-order valence-electron chi connectivity index (χ3n) is 3.03. The van der Waals surface area contributed by atoms with Crippen LogP contribution < -0.4 is 0 Å². The Bertz CT molecular complexity index is 392. The molecule has 1 aromatic rings. The van der Waals surface area contributed by atoms with E-state index in [-0.39, 0.29) is 12.7 Å². The lowest BCUT2D eigenvalue weighted by molar-refractivity contribution is -0.160. The molecule has 1 aromatic carbocycles. The van der Waals surface area contributed by atoms with E-state index in [1.807, 2.05) is 51.1 Å². The predicted molar refractivity (Wildman–Crippen MR) is 75.7 cm³/mol. The van der Waals surface area contributed by atoms with Crippen molar-refractivity contribution >= 4 is 6.04 Å². The topological polar surface area (TPSA) is 35.5 Å². The summed E-state index contributed by atoms with van der Waals surface area (Å²) < 4.78 is 23.6. The summed E-state index contributed by atoms with van der Waals surface area (Å²) in [5.41, 5.74) is 1.01. The van der Waals surface area contributed by atoms with Crippen molar-refractivity contribution in [3.05, 3.63) is 35.9 Å². The van der Waals surface area contributed by atoms with Crippen LogP contribution in [-0.4, -0.2) is 18.9 Å². The number of hydrogen-bond donors (Lipinski definition) is 0. The van der Waals surface area contributed by atoms with E-state index >= 15 is 0 Å². The van der Waals surface area contributed by atoms with E-state index in [4.69, 9.17) is 9.47 Å². The number of hydrogen-bond acceptors (Lipinski definition) is 3. The van der Waals surface area contributed by atoms with Crippen LogP contribution in [0.5, 0.6) is 0 Å². The zero-order valence-corrected chi connectivity index (χ0v) is 12.3. The summed E-state index contributed by atoms with van der Waals surface area (Å²) in [4.78, 5) is 11.0. The Kier molecular flexibility index (Phi) is 7.41. The summed E-state index contributed by atoms with van der Waals surface area (Å²) in [5, 5.41) is 0. The molecular formula is C16H23FO3. The highest BCUT2D eigenvalue weighted by molar-refractivity contribution is 5.73. The quantitative estimate of drug-likeness (QED) is 0.393. The van der Waals surface area contributed by atoms with E-state index in [1.165, 1.54) is 0 Å². The first kappa shape index (κ1) is 16.8. The highest BCUT2D eigenvalue weighted by atomic mass is 19.1. The average Bonchev–Trinajstić information content (AvgIpc) is 2.38. The van der Waals surface area contributed by atoms with Crippen molar-refractivity contribution in [2.75, 3.05) is 6.79 Å². The standard InChI is InChI=1S/C16H23FO3/c1-12(2)9-13(3)15(16(17)18)20-11-19-10-14-7-5-4-6-8-14/h4-8,12-13,15H,9-11H2,1-3H3. The minimum Gasteiger partial charge on any atom is -0.351 e. The number of carbonyl (C=O) groups excluding carboxylic acids is 1. The Morgan fingerprint density at radius 3 is 2.40 bits per heavy atom. The van der Waals surface area contributed by atoms with Crippen molar-refractivity contribution in [2.45, 2.75) is 39.9 Å². The fourth-order valence-electron chi connectivity index (χ4n) is 2.18. The molecule has 0 bridgehead atoms. The smallest absolute Gasteiger partial charge is 0.330 e. The minimum atomic E-state index is -1.43. The van der Waals surface area contributed by atoms with E-state index < -0.39 is 12.1 Å². The molecule has 0 N–H and O–H groups in total. The molecule has 0 radical (unpaired) electrons. The van der Waals surface area contributed by atoms with Crippen LogP contribution in [0.3, 0.4) is 0 Å². The molecule has 2 unspecified atom stereocenters. The number of ether oxygens (including phenoxy) is 2. The monoisotopic (exact) mass is 282 g/mol. The van der Waals surface area contributed by atoms with Gasteiger partial charge in [-0.15, -0.1) is 0 Å². The molecule has 2 atom stereocenters. The van der Waals surface area contributed by atoms with Crippen molar-refractivity contribution in [2.24, 2.45) is 11.8 Å². The van der Waals surface area contributed by atoms with Crippen molar-refractivity contribution in [1.82, 2.24) is 0 Å². The van der Waals surface area contributed by atoms with Gasteiger partial charge in [0.15, 0.2) is 6.10 Å². The van der Waals surface area contributed by atoms with Crippen LogP contribution in [0, 0.1) is 11.8 Å². The molecule has 0 fully saturated rings. The first-order chi connectivity index (χ1) is 9.50. The van der Waals surface area contributed by atoms with Gasteiger partial charge in [-0.3, -0.25) is 4.79 Å². The van der Waals surface area contributed by atoms with Crippen LogP contribution in [0.25, 0.3) is 0 Å². The molecule has 0 saturated carbocycles. The first-order valence-corrected chi connectivity index (χ1v) is 6.93. The molecule has 1 rings (SSSR count). The van der Waals surface area contributed by atoms with Crippen LogP contribution in [0.15, 0.2) is 30.3 Å². The lowest BCUT2D eigenvalue weighted by Gasteiger charge is -2.21. The SMILES string of the molecule is CC(C)CC(C)C(OCOCc1ccccc1)C(=O)F. The highest BCUT2D eigenvalue weighted by Gasteiger charge is 2.26. The highest BCUT2D eigenvalue weighted by Crippen LogP contribution is 2.19. The maximum Gasteiger partial charge on any atom is 0.330 e. The zero-order valence-electron chi connectivity index (χ0n) is 12.3. The molecule has 3 nitrogen and oxygen atoms in total. The fourth-order valence-corrected chi connectivity index (χ4v) is 2.18. The molecule has 0 saturated heterocycles. The normalized spacial score (nSPS) is 14.2. The molecule has 4 heteroatoms. The number of halogens is 1. The van der Waals surface area contributed by atoms with Gasteiger partial charge in [-0.05, 0) is 23.8 Å². The number of rotatable bonds is 9. The van der Waals surface area contributed by atoms with E-state index in [9.17, 15) is 9.18 Å². The largest absolute Gasteiger partial charge is 0.351 e. The number of carbonyl (C=O) groups is 1. The van der Waals surface area contributed by atoms with Gasteiger partial charge in [-0.2, -0.15) is 4.39 Å². The van der Waals surface area contributed by atoms with Gasteiger partial charge in [0, 0.05) is 0 Å². The van der Waals surface area contributed by atoms with Crippen LogP contribution in [-0.2, 0) is 20.9 Å². The van der Waals surface area contributed by atoms with E-state index in [0.717, 1.165) is 12.0 Å². The third-order valence-corrected chi connectivity index (χ3v) is 3.03. The Morgan fingerprint density at radius 2 is 1.85 bits per heavy atom. The van der Waals surface area contributed by atoms with Crippen LogP contribution >= 0.6 is 0 Å². The maximum atomic E-state index is 13.0. The lowest BCUT2D eigenvalue weighted by Crippen LogP contribution is -2.30. The number of benzene rings is 1. The summed E-state index contributed by atoms with van der Waals surface area (Å²) in [5.74, 6) is 0.230. The van der Waals surface area contributed by atoms with Crippen molar-refractivity contribution < 1.29 is 18.7 Å². The Balaban J connectivity index is 2.34. The summed E-state index contributed by atoms with van der Waals surface area (Å²) in [6.45, 7) is 6.17. The average molecular weight is 282 g/mol. The van der Waals surface area contributed by atoms with Crippen LogP contribution in [0.1, 0.15) is 32.8 Å². The molecule has 0 aromatic heterocycles. The van der Waals surface area contributed by atoms with Crippen molar-refractivity contribution in [3.63, 3.8) is 0 Å². The molecule has 0 heterocycles. The molecule has 0 aliphatic rings. The minimum absolute atomic E-state index is 0.0857. The van der Waals surface area contributed by atoms with Gasteiger partial charge >= 0.3 is 6.04 Å². The molecule has 0 aliphatic heterocycles. The Labute approximate surface area is 120 Å². The van der Waals surface area contributed by atoms with E-state index in [0.29, 0.717) is 12.5 Å². The predicted octanol–water partition coefficient (Wildman–Crippen LogP) is 3.72. The van der Waals surface area contributed by atoms with Crippen molar-refractivity contribution in [1.29, 1.82) is 0 Å². The van der Waals surface area contributed by atoms with Gasteiger partial charge in [0.05, 0.1) is 6.61 Å². The Morgan fingerprint density at radius 1 is 1.20 bits per heavy atom. The van der Waals surface area contributed by atoms with Crippen LogP contribution in [0.2, 0.25) is 0 Å². The summed E-state index contributed by atoms with van der Waals surface area (Å²) in [6, 6.07) is 8.18. The molecule has 0 aliphatic carbocycles. The van der Waals surface area contributed by atoms with Gasteiger partial charge in [0.2, 0.25) is 0 Å². The Hall–Kier alpha value is -1.26. The second-order valence-corrected chi connectivity index (χ2v) is 5.45. The fraction of sp³-hybridized carbons (Fsp3) is 0.562. The van der Waals surface area contributed by atoms with Crippen molar-refractivity contribution in [3.8, 4) is 0 Å². The van der Waals surface area contributed by atoms with Crippen LogP contribution in [0.4, 0.5) is 4.39 Å². The van der Waals surface area contributed by atoms with Gasteiger partial charge in [-0.25, -0.2) is 0 Å². The molecule has 0 amide bonds. The summed E-state index contributed by atoms with van der Waals surface area (Å²) in [6.07, 6.45) is -0.299. The van der Waals surface area contributed by atoms with Gasteiger partial charge < -0.3 is 9.47 Å². The lowest BCUT2D eigenvalue weighted by atomic mass is 9.94. The molecule has 0 spiro atoms. The molecule has 20 heavy (non-hydrogen) atoms. The maximum absolute atomic E-state index is 13.0.